The predicted molar refractivity (Wildman–Crippen MR) is 85.7 cm³/mol. The van der Waals surface area contributed by atoms with E-state index in [1.807, 2.05) is 13.0 Å². The van der Waals surface area contributed by atoms with Crippen LogP contribution >= 0.6 is 0 Å². The number of hydrogen-bond donors (Lipinski definition) is 0. The number of aryl methyl sites for hydroxylation is 2. The van der Waals surface area contributed by atoms with E-state index in [1.54, 1.807) is 0 Å². The molecule has 108 valence electrons. The third-order valence-corrected chi connectivity index (χ3v) is 4.02. The van der Waals surface area contributed by atoms with Crippen LogP contribution in [0.5, 0.6) is 0 Å². The highest BCUT2D eigenvalue weighted by atomic mass is 16.3. The molecule has 0 aliphatic carbocycles. The highest BCUT2D eigenvalue weighted by Crippen LogP contribution is 2.27. The van der Waals surface area contributed by atoms with Crippen molar-refractivity contribution in [2.45, 2.75) is 33.2 Å². The maximum atomic E-state index is 5.76. The fraction of sp³-hybridized carbons (Fsp3) is 0.263. The summed E-state index contributed by atoms with van der Waals surface area (Å²) in [5.74, 6) is 2.29. The third kappa shape index (κ3) is 2.94. The van der Waals surface area contributed by atoms with Gasteiger partial charge < -0.3 is 8.98 Å². The lowest BCUT2D eigenvalue weighted by Crippen LogP contribution is -1.99. The van der Waals surface area contributed by atoms with E-state index in [-0.39, 0.29) is 5.92 Å². The molecule has 0 N–H and O–H groups in total. The highest BCUT2D eigenvalue weighted by Gasteiger charge is 2.15. The molecule has 0 radical (unpaired) electrons. The molecule has 2 aromatic heterocycles. The summed E-state index contributed by atoms with van der Waals surface area (Å²) in [6, 6.07) is 16.9. The maximum Gasteiger partial charge on any atom is 0.111 e. The Balaban J connectivity index is 1.84. The van der Waals surface area contributed by atoms with E-state index in [1.165, 1.54) is 16.8 Å². The van der Waals surface area contributed by atoms with Crippen LogP contribution in [0, 0.1) is 13.8 Å². The molecule has 0 bridgehead atoms. The Bertz CT molecular complexity index is 721. The van der Waals surface area contributed by atoms with Crippen molar-refractivity contribution in [2.24, 2.45) is 0 Å². The lowest BCUT2D eigenvalue weighted by Gasteiger charge is -2.07. The molecule has 2 heteroatoms. The van der Waals surface area contributed by atoms with E-state index in [0.29, 0.717) is 0 Å². The molecule has 1 unspecified atom stereocenters. The highest BCUT2D eigenvalue weighted by molar-refractivity contribution is 5.29. The van der Waals surface area contributed by atoms with Crippen molar-refractivity contribution in [1.82, 2.24) is 4.57 Å². The van der Waals surface area contributed by atoms with Gasteiger partial charge in [0.15, 0.2) is 0 Å². The van der Waals surface area contributed by atoms with Crippen LogP contribution < -0.4 is 0 Å². The fourth-order valence-electron chi connectivity index (χ4n) is 2.68. The summed E-state index contributed by atoms with van der Waals surface area (Å²) in [6.07, 6.45) is 2.24. The molecule has 1 aromatic carbocycles. The number of aromatic nitrogens is 1. The quantitative estimate of drug-likeness (QED) is 0.664. The van der Waals surface area contributed by atoms with Crippen LogP contribution in [0.3, 0.4) is 0 Å². The largest absolute Gasteiger partial charge is 0.466 e. The molecular formula is C19H21NO. The van der Waals surface area contributed by atoms with E-state index in [4.69, 9.17) is 4.42 Å². The second kappa shape index (κ2) is 5.65. The van der Waals surface area contributed by atoms with Gasteiger partial charge in [-0.2, -0.15) is 0 Å². The summed E-state index contributed by atoms with van der Waals surface area (Å²) in [7, 11) is 0. The average molecular weight is 279 g/mol. The minimum absolute atomic E-state index is 0.287. The summed E-state index contributed by atoms with van der Waals surface area (Å²) in [6.45, 7) is 7.26. The summed E-state index contributed by atoms with van der Waals surface area (Å²) < 4.78 is 8.06. The summed E-state index contributed by atoms with van der Waals surface area (Å²) in [5, 5.41) is 0. The Morgan fingerprint density at radius 3 is 2.48 bits per heavy atom. The Morgan fingerprint density at radius 2 is 1.81 bits per heavy atom. The molecule has 0 saturated carbocycles. The first-order valence-corrected chi connectivity index (χ1v) is 7.40. The fourth-order valence-corrected chi connectivity index (χ4v) is 2.68. The van der Waals surface area contributed by atoms with Crippen molar-refractivity contribution in [3.05, 3.63) is 83.1 Å². The first kappa shape index (κ1) is 13.7. The zero-order valence-electron chi connectivity index (χ0n) is 12.8. The number of furan rings is 1. The first-order valence-electron chi connectivity index (χ1n) is 7.40. The van der Waals surface area contributed by atoms with Crippen molar-refractivity contribution >= 4 is 0 Å². The van der Waals surface area contributed by atoms with Gasteiger partial charge >= 0.3 is 0 Å². The number of benzene rings is 1. The molecule has 21 heavy (non-hydrogen) atoms. The molecule has 0 spiro atoms. The van der Waals surface area contributed by atoms with Crippen molar-refractivity contribution < 1.29 is 4.42 Å². The van der Waals surface area contributed by atoms with E-state index in [9.17, 15) is 0 Å². The number of rotatable bonds is 4. The van der Waals surface area contributed by atoms with Gasteiger partial charge in [-0.1, -0.05) is 37.3 Å². The molecule has 2 heterocycles. The molecular weight excluding hydrogens is 258 g/mol. The number of nitrogens with zero attached hydrogens (tertiary/aromatic N) is 1. The van der Waals surface area contributed by atoms with Gasteiger partial charge in [-0.05, 0) is 43.2 Å². The molecule has 1 atom stereocenters. The van der Waals surface area contributed by atoms with Crippen LogP contribution in [-0.4, -0.2) is 4.57 Å². The molecule has 3 aromatic rings. The smallest absolute Gasteiger partial charge is 0.111 e. The zero-order valence-corrected chi connectivity index (χ0v) is 12.8. The number of hydrogen-bond acceptors (Lipinski definition) is 1. The summed E-state index contributed by atoms with van der Waals surface area (Å²) >= 11 is 0. The van der Waals surface area contributed by atoms with Gasteiger partial charge in [-0.25, -0.2) is 0 Å². The third-order valence-electron chi connectivity index (χ3n) is 4.02. The van der Waals surface area contributed by atoms with E-state index >= 15 is 0 Å². The monoisotopic (exact) mass is 279 g/mol. The van der Waals surface area contributed by atoms with E-state index < -0.39 is 0 Å². The molecule has 0 amide bonds. The standard InChI is InChI=1S/C19H21NO/c1-14-11-18(16(3)19-10-9-15(2)21-19)13-20(14)12-17-7-5-4-6-8-17/h4-11,13,16H,12H2,1-3H3. The van der Waals surface area contributed by atoms with Gasteiger partial charge in [0.2, 0.25) is 0 Å². The maximum absolute atomic E-state index is 5.76. The normalized spacial score (nSPS) is 12.5. The minimum atomic E-state index is 0.287. The van der Waals surface area contributed by atoms with E-state index in [0.717, 1.165) is 18.1 Å². The predicted octanol–water partition coefficient (Wildman–Crippen LogP) is 4.90. The van der Waals surface area contributed by atoms with Crippen molar-refractivity contribution in [3.63, 3.8) is 0 Å². The van der Waals surface area contributed by atoms with Crippen LogP contribution in [-0.2, 0) is 6.54 Å². The van der Waals surface area contributed by atoms with Crippen LogP contribution in [0.1, 0.15) is 41.2 Å². The molecule has 0 saturated heterocycles. The Hall–Kier alpha value is -2.22. The second-order valence-corrected chi connectivity index (χ2v) is 5.70. The molecule has 2 nitrogen and oxygen atoms in total. The van der Waals surface area contributed by atoms with Crippen LogP contribution in [0.2, 0.25) is 0 Å². The van der Waals surface area contributed by atoms with Crippen LogP contribution in [0.4, 0.5) is 0 Å². The second-order valence-electron chi connectivity index (χ2n) is 5.70. The van der Waals surface area contributed by atoms with Gasteiger partial charge in [0, 0.05) is 24.4 Å². The zero-order chi connectivity index (χ0) is 14.8. The Kier molecular flexibility index (Phi) is 3.70. The van der Waals surface area contributed by atoms with Gasteiger partial charge in [-0.15, -0.1) is 0 Å². The van der Waals surface area contributed by atoms with Crippen molar-refractivity contribution in [2.75, 3.05) is 0 Å². The van der Waals surface area contributed by atoms with E-state index in [2.05, 4.69) is 67.1 Å². The van der Waals surface area contributed by atoms with Gasteiger partial charge in [-0.3, -0.25) is 0 Å². The van der Waals surface area contributed by atoms with Crippen LogP contribution in [0.25, 0.3) is 0 Å². The minimum Gasteiger partial charge on any atom is -0.466 e. The first-order chi connectivity index (χ1) is 10.1. The topological polar surface area (TPSA) is 18.1 Å². The van der Waals surface area contributed by atoms with Crippen molar-refractivity contribution in [1.29, 1.82) is 0 Å². The average Bonchev–Trinajstić information content (AvgIpc) is 3.06. The van der Waals surface area contributed by atoms with Gasteiger partial charge in [0.25, 0.3) is 0 Å². The molecule has 0 fully saturated rings. The summed E-state index contributed by atoms with van der Waals surface area (Å²) in [4.78, 5) is 0. The summed E-state index contributed by atoms with van der Waals surface area (Å²) in [5.41, 5.74) is 3.91. The lowest BCUT2D eigenvalue weighted by molar-refractivity contribution is 0.471. The van der Waals surface area contributed by atoms with Gasteiger partial charge in [0.1, 0.15) is 11.5 Å². The SMILES string of the molecule is Cc1ccc(C(C)c2cc(C)n(Cc3ccccc3)c2)o1. The molecule has 0 aliphatic heterocycles. The van der Waals surface area contributed by atoms with Crippen molar-refractivity contribution in [3.8, 4) is 0 Å². The lowest BCUT2D eigenvalue weighted by atomic mass is 10.0. The molecule has 3 rings (SSSR count). The Labute approximate surface area is 126 Å². The molecule has 0 aliphatic rings. The Morgan fingerprint density at radius 1 is 1.05 bits per heavy atom. The van der Waals surface area contributed by atoms with Crippen LogP contribution in [0.15, 0.2) is 59.1 Å². The van der Waals surface area contributed by atoms with Gasteiger partial charge in [0.05, 0.1) is 0 Å².